The van der Waals surface area contributed by atoms with Gasteiger partial charge < -0.3 is 5.32 Å². The molecule has 20 heavy (non-hydrogen) atoms. The summed E-state index contributed by atoms with van der Waals surface area (Å²) in [7, 11) is 1.32. The molecule has 0 aromatic heterocycles. The average molecular weight is 294 g/mol. The molecule has 112 valence electrons. The molecule has 2 atom stereocenters. The van der Waals surface area contributed by atoms with Gasteiger partial charge in [0.15, 0.2) is 0 Å². The van der Waals surface area contributed by atoms with E-state index in [2.05, 4.69) is 36.3 Å². The topological polar surface area (TPSA) is 32.3 Å². The summed E-state index contributed by atoms with van der Waals surface area (Å²) in [5.41, 5.74) is 1.30. The summed E-state index contributed by atoms with van der Waals surface area (Å²) < 4.78 is 11.4. The molecule has 4 heteroatoms. The molecule has 3 nitrogen and oxygen atoms in total. The van der Waals surface area contributed by atoms with Gasteiger partial charge in [0.1, 0.15) is 0 Å². The van der Waals surface area contributed by atoms with Crippen molar-refractivity contribution >= 4 is 10.8 Å². The summed E-state index contributed by atoms with van der Waals surface area (Å²) in [4.78, 5) is 3.34. The fourth-order valence-corrected chi connectivity index (χ4v) is 3.34. The van der Waals surface area contributed by atoms with Gasteiger partial charge in [-0.2, -0.15) is 0 Å². The molecule has 1 fully saturated rings. The molecule has 0 amide bonds. The molecule has 1 aliphatic rings. The first kappa shape index (κ1) is 15.7. The predicted molar refractivity (Wildman–Crippen MR) is 85.4 cm³/mol. The molecule has 2 unspecified atom stereocenters. The van der Waals surface area contributed by atoms with E-state index in [9.17, 15) is 4.21 Å². The summed E-state index contributed by atoms with van der Waals surface area (Å²) in [6, 6.07) is 8.60. The Morgan fingerprint density at radius 2 is 1.90 bits per heavy atom. The van der Waals surface area contributed by atoms with Gasteiger partial charge in [-0.3, -0.25) is 9.11 Å². The highest BCUT2D eigenvalue weighted by Gasteiger charge is 2.18. The molecule has 1 aromatic carbocycles. The maximum atomic E-state index is 11.4. The van der Waals surface area contributed by atoms with Gasteiger partial charge in [-0.15, -0.1) is 0 Å². The summed E-state index contributed by atoms with van der Waals surface area (Å²) in [5, 5.41) is 3.42. The van der Waals surface area contributed by atoms with Crippen molar-refractivity contribution in [3.05, 3.63) is 29.8 Å². The van der Waals surface area contributed by atoms with Crippen molar-refractivity contribution in [1.82, 2.24) is 10.2 Å². The number of hydrogen-bond acceptors (Lipinski definition) is 3. The zero-order chi connectivity index (χ0) is 14.5. The molecule has 1 heterocycles. The monoisotopic (exact) mass is 294 g/mol. The first-order chi connectivity index (χ1) is 9.58. The van der Waals surface area contributed by atoms with Crippen molar-refractivity contribution in [3.8, 4) is 0 Å². The molecule has 1 N–H and O–H groups in total. The number of hydrogen-bond donors (Lipinski definition) is 1. The Bertz CT molecular complexity index is 440. The lowest BCUT2D eigenvalue weighted by Crippen LogP contribution is -2.35. The van der Waals surface area contributed by atoms with E-state index in [0.29, 0.717) is 6.04 Å². The van der Waals surface area contributed by atoms with E-state index in [1.807, 2.05) is 12.1 Å². The van der Waals surface area contributed by atoms with Crippen LogP contribution in [-0.4, -0.2) is 42.0 Å². The molecular formula is C16H26N2OS. The predicted octanol–water partition coefficient (Wildman–Crippen LogP) is 2.42. The highest BCUT2D eigenvalue weighted by Crippen LogP contribution is 2.23. The Morgan fingerprint density at radius 3 is 2.45 bits per heavy atom. The summed E-state index contributed by atoms with van der Waals surface area (Å²) >= 11 is 0. The highest BCUT2D eigenvalue weighted by molar-refractivity contribution is 7.84. The van der Waals surface area contributed by atoms with Gasteiger partial charge in [-0.05, 0) is 63.5 Å². The lowest BCUT2D eigenvalue weighted by molar-refractivity contribution is 0.196. The van der Waals surface area contributed by atoms with E-state index in [1.54, 1.807) is 6.26 Å². The quantitative estimate of drug-likeness (QED) is 0.905. The molecule has 1 aliphatic heterocycles. The molecule has 1 saturated heterocycles. The first-order valence-electron chi connectivity index (χ1n) is 7.42. The van der Waals surface area contributed by atoms with E-state index < -0.39 is 10.8 Å². The van der Waals surface area contributed by atoms with Crippen LogP contribution in [0, 0.1) is 5.92 Å². The van der Waals surface area contributed by atoms with Crippen molar-refractivity contribution in [2.24, 2.45) is 5.92 Å². The normalized spacial score (nSPS) is 20.0. The third-order valence-electron chi connectivity index (χ3n) is 4.36. The first-order valence-corrected chi connectivity index (χ1v) is 8.98. The smallest absolute Gasteiger partial charge is 0.0498 e. The van der Waals surface area contributed by atoms with Gasteiger partial charge in [0.25, 0.3) is 0 Å². The van der Waals surface area contributed by atoms with Gasteiger partial charge in [-0.1, -0.05) is 12.1 Å². The van der Waals surface area contributed by atoms with Crippen molar-refractivity contribution in [2.75, 3.05) is 32.9 Å². The summed E-state index contributed by atoms with van der Waals surface area (Å²) in [6.07, 6.45) is 4.29. The highest BCUT2D eigenvalue weighted by atomic mass is 32.2. The van der Waals surface area contributed by atoms with E-state index in [-0.39, 0.29) is 0 Å². The summed E-state index contributed by atoms with van der Waals surface area (Å²) in [6.45, 7) is 5.72. The number of rotatable bonds is 5. The second-order valence-electron chi connectivity index (χ2n) is 5.83. The Hall–Kier alpha value is -0.710. The molecule has 0 saturated carbocycles. The minimum absolute atomic E-state index is 0.407. The van der Waals surface area contributed by atoms with Crippen LogP contribution in [-0.2, 0) is 10.8 Å². The van der Waals surface area contributed by atoms with Crippen LogP contribution in [0.15, 0.2) is 29.2 Å². The molecular weight excluding hydrogens is 268 g/mol. The maximum Gasteiger partial charge on any atom is 0.0498 e. The van der Waals surface area contributed by atoms with Crippen LogP contribution in [0.25, 0.3) is 0 Å². The SMILES string of the molecule is CC(c1ccc(S(C)=O)cc1)N(C)CC1CCNCC1. The van der Waals surface area contributed by atoms with Crippen molar-refractivity contribution in [3.63, 3.8) is 0 Å². The molecule has 1 aromatic rings. The van der Waals surface area contributed by atoms with Gasteiger partial charge in [0, 0.05) is 34.5 Å². The summed E-state index contributed by atoms with van der Waals surface area (Å²) in [5.74, 6) is 0.811. The Balaban J connectivity index is 1.94. The largest absolute Gasteiger partial charge is 0.317 e. The molecule has 0 aliphatic carbocycles. The van der Waals surface area contributed by atoms with Gasteiger partial charge in [0.2, 0.25) is 0 Å². The molecule has 0 radical (unpaired) electrons. The van der Waals surface area contributed by atoms with E-state index >= 15 is 0 Å². The zero-order valence-corrected chi connectivity index (χ0v) is 13.6. The van der Waals surface area contributed by atoms with Crippen molar-refractivity contribution in [1.29, 1.82) is 0 Å². The fourth-order valence-electron chi connectivity index (χ4n) is 2.82. The van der Waals surface area contributed by atoms with Crippen LogP contribution in [0.3, 0.4) is 0 Å². The van der Waals surface area contributed by atoms with Crippen LogP contribution in [0.2, 0.25) is 0 Å². The van der Waals surface area contributed by atoms with Crippen molar-refractivity contribution in [2.45, 2.75) is 30.7 Å². The number of nitrogens with one attached hydrogen (secondary N) is 1. The van der Waals surface area contributed by atoms with Crippen LogP contribution in [0.5, 0.6) is 0 Å². The minimum atomic E-state index is -0.887. The van der Waals surface area contributed by atoms with Crippen molar-refractivity contribution < 1.29 is 4.21 Å². The average Bonchev–Trinajstić information content (AvgIpc) is 2.47. The zero-order valence-electron chi connectivity index (χ0n) is 12.8. The lowest BCUT2D eigenvalue weighted by atomic mass is 9.96. The van der Waals surface area contributed by atoms with E-state index in [4.69, 9.17) is 0 Å². The third-order valence-corrected chi connectivity index (χ3v) is 5.30. The number of benzene rings is 1. The van der Waals surface area contributed by atoms with Gasteiger partial charge in [0.05, 0.1) is 0 Å². The Morgan fingerprint density at radius 1 is 1.30 bits per heavy atom. The van der Waals surface area contributed by atoms with Gasteiger partial charge >= 0.3 is 0 Å². The molecule has 2 rings (SSSR count). The fraction of sp³-hybridized carbons (Fsp3) is 0.625. The minimum Gasteiger partial charge on any atom is -0.317 e. The van der Waals surface area contributed by atoms with Crippen LogP contribution in [0.4, 0.5) is 0 Å². The van der Waals surface area contributed by atoms with Crippen LogP contribution < -0.4 is 5.32 Å². The number of piperidine rings is 1. The Labute approximate surface area is 125 Å². The Kier molecular flexibility index (Phi) is 5.75. The maximum absolute atomic E-state index is 11.4. The third kappa shape index (κ3) is 4.14. The molecule has 0 bridgehead atoms. The van der Waals surface area contributed by atoms with E-state index in [0.717, 1.165) is 30.4 Å². The second kappa shape index (κ2) is 7.34. The number of nitrogens with zero attached hydrogens (tertiary/aromatic N) is 1. The van der Waals surface area contributed by atoms with E-state index in [1.165, 1.54) is 18.4 Å². The van der Waals surface area contributed by atoms with Crippen LogP contribution in [0.1, 0.15) is 31.4 Å². The molecule has 0 spiro atoms. The lowest BCUT2D eigenvalue weighted by Gasteiger charge is -2.31. The van der Waals surface area contributed by atoms with Gasteiger partial charge in [-0.25, -0.2) is 0 Å². The second-order valence-corrected chi connectivity index (χ2v) is 7.21. The standard InChI is InChI=1S/C16H26N2OS/c1-13(15-4-6-16(7-5-15)20(3)19)18(2)12-14-8-10-17-11-9-14/h4-7,13-14,17H,8-12H2,1-3H3. The van der Waals surface area contributed by atoms with Crippen LogP contribution >= 0.6 is 0 Å².